The second-order valence-corrected chi connectivity index (χ2v) is 7.72. The van der Waals surface area contributed by atoms with E-state index < -0.39 is 0 Å². The predicted molar refractivity (Wildman–Crippen MR) is 131 cm³/mol. The first-order valence-corrected chi connectivity index (χ1v) is 10.6. The fourth-order valence-electron chi connectivity index (χ4n) is 4.28. The summed E-state index contributed by atoms with van der Waals surface area (Å²) in [7, 11) is 0. The van der Waals surface area contributed by atoms with Gasteiger partial charge in [0, 0.05) is 23.5 Å². The van der Waals surface area contributed by atoms with Gasteiger partial charge in [-0.2, -0.15) is 0 Å². The van der Waals surface area contributed by atoms with Crippen LogP contribution in [0.2, 0.25) is 0 Å². The van der Waals surface area contributed by atoms with Gasteiger partial charge in [-0.05, 0) is 46.2 Å². The molecule has 150 valence electrons. The lowest BCUT2D eigenvalue weighted by Gasteiger charge is -2.14. The average Bonchev–Trinajstić information content (AvgIpc) is 2.88. The van der Waals surface area contributed by atoms with Crippen molar-refractivity contribution < 1.29 is 0 Å². The second-order valence-electron chi connectivity index (χ2n) is 7.72. The van der Waals surface area contributed by atoms with Crippen LogP contribution >= 0.6 is 0 Å². The van der Waals surface area contributed by atoms with Gasteiger partial charge in [-0.25, -0.2) is 9.97 Å². The number of nitrogens with zero attached hydrogens (tertiary/aromatic N) is 3. The van der Waals surface area contributed by atoms with Gasteiger partial charge in [0.1, 0.15) is 0 Å². The van der Waals surface area contributed by atoms with Gasteiger partial charge in [0.15, 0.2) is 0 Å². The first kappa shape index (κ1) is 18.4. The van der Waals surface area contributed by atoms with E-state index in [1.165, 1.54) is 10.9 Å². The molecular weight excluding hydrogens is 390 g/mol. The summed E-state index contributed by atoms with van der Waals surface area (Å²) in [6, 6.07) is 35.3. The normalized spacial score (nSPS) is 11.1. The highest BCUT2D eigenvalue weighted by molar-refractivity contribution is 6.05. The van der Waals surface area contributed by atoms with Crippen molar-refractivity contribution in [3.63, 3.8) is 0 Å². The lowest BCUT2D eigenvalue weighted by Crippen LogP contribution is -1.96. The van der Waals surface area contributed by atoms with Crippen LogP contribution in [-0.2, 0) is 0 Å². The van der Waals surface area contributed by atoms with E-state index in [9.17, 15) is 0 Å². The Morgan fingerprint density at radius 2 is 1.00 bits per heavy atom. The van der Waals surface area contributed by atoms with Crippen molar-refractivity contribution in [2.45, 2.75) is 0 Å². The zero-order chi connectivity index (χ0) is 21.3. The third-order valence-electron chi connectivity index (χ3n) is 5.79. The fourth-order valence-corrected chi connectivity index (χ4v) is 4.28. The van der Waals surface area contributed by atoms with E-state index in [-0.39, 0.29) is 0 Å². The maximum Gasteiger partial charge on any atom is 0.0979 e. The Kier molecular flexibility index (Phi) is 4.43. The maximum atomic E-state index is 5.10. The van der Waals surface area contributed by atoms with Crippen LogP contribution in [0.15, 0.2) is 116 Å². The van der Waals surface area contributed by atoms with E-state index in [0.717, 1.165) is 44.5 Å². The molecule has 0 atom stereocenters. The number of fused-ring (bicyclic) bond motifs is 2. The summed E-state index contributed by atoms with van der Waals surface area (Å²) in [4.78, 5) is 14.3. The van der Waals surface area contributed by atoms with E-state index in [1.807, 2.05) is 67.0 Å². The summed E-state index contributed by atoms with van der Waals surface area (Å²) in [5.41, 5.74) is 8.05. The molecule has 6 aromatic rings. The summed E-state index contributed by atoms with van der Waals surface area (Å²) in [5, 5.41) is 2.34. The highest BCUT2D eigenvalue weighted by Gasteiger charge is 2.16. The molecule has 0 aliphatic carbocycles. The number of hydrogen-bond acceptors (Lipinski definition) is 3. The first-order chi connectivity index (χ1) is 15.9. The zero-order valence-electron chi connectivity index (χ0n) is 17.3. The van der Waals surface area contributed by atoms with Crippen molar-refractivity contribution in [3.8, 4) is 33.6 Å². The van der Waals surface area contributed by atoms with Crippen molar-refractivity contribution in [1.82, 2.24) is 15.0 Å². The Morgan fingerprint density at radius 3 is 1.72 bits per heavy atom. The van der Waals surface area contributed by atoms with Crippen LogP contribution < -0.4 is 0 Å². The van der Waals surface area contributed by atoms with Gasteiger partial charge in [-0.15, -0.1) is 0 Å². The molecule has 0 N–H and O–H groups in total. The van der Waals surface area contributed by atoms with Crippen LogP contribution in [0.3, 0.4) is 0 Å². The molecule has 0 aliphatic rings. The zero-order valence-corrected chi connectivity index (χ0v) is 17.3. The molecule has 3 nitrogen and oxygen atoms in total. The Labute approximate surface area is 186 Å². The predicted octanol–water partition coefficient (Wildman–Crippen LogP) is 7.18. The van der Waals surface area contributed by atoms with Crippen molar-refractivity contribution in [1.29, 1.82) is 0 Å². The SMILES string of the molecule is c1ccc(-c2nc3ccccc3nc2-c2cccc3c(-c4ccncc4)cccc23)cc1. The second kappa shape index (κ2) is 7.71. The molecule has 0 saturated carbocycles. The molecule has 6 rings (SSSR count). The number of pyridine rings is 1. The van der Waals surface area contributed by atoms with E-state index >= 15 is 0 Å². The minimum absolute atomic E-state index is 0.893. The largest absolute Gasteiger partial charge is 0.265 e. The number of rotatable bonds is 3. The van der Waals surface area contributed by atoms with Crippen LogP contribution in [-0.4, -0.2) is 15.0 Å². The van der Waals surface area contributed by atoms with Crippen LogP contribution in [0, 0.1) is 0 Å². The van der Waals surface area contributed by atoms with Gasteiger partial charge < -0.3 is 0 Å². The first-order valence-electron chi connectivity index (χ1n) is 10.6. The maximum absolute atomic E-state index is 5.10. The van der Waals surface area contributed by atoms with Gasteiger partial charge in [0.25, 0.3) is 0 Å². The van der Waals surface area contributed by atoms with Gasteiger partial charge in [-0.3, -0.25) is 4.98 Å². The van der Waals surface area contributed by atoms with Crippen molar-refractivity contribution >= 4 is 21.8 Å². The molecule has 0 bridgehead atoms. The quantitative estimate of drug-likeness (QED) is 0.311. The molecule has 2 heterocycles. The Balaban J connectivity index is 1.67. The van der Waals surface area contributed by atoms with Gasteiger partial charge in [0.2, 0.25) is 0 Å². The Morgan fingerprint density at radius 1 is 0.406 bits per heavy atom. The Hall–Kier alpha value is -4.37. The molecule has 32 heavy (non-hydrogen) atoms. The lowest BCUT2D eigenvalue weighted by atomic mass is 9.93. The summed E-state index contributed by atoms with van der Waals surface area (Å²) in [6.45, 7) is 0. The van der Waals surface area contributed by atoms with E-state index in [4.69, 9.17) is 9.97 Å². The minimum atomic E-state index is 0.893. The number of benzene rings is 4. The van der Waals surface area contributed by atoms with Crippen LogP contribution in [0.25, 0.3) is 55.4 Å². The topological polar surface area (TPSA) is 38.7 Å². The fraction of sp³-hybridized carbons (Fsp3) is 0. The molecule has 0 unspecified atom stereocenters. The molecule has 0 amide bonds. The third kappa shape index (κ3) is 3.12. The summed E-state index contributed by atoms with van der Waals surface area (Å²) in [6.07, 6.45) is 3.67. The van der Waals surface area contributed by atoms with E-state index in [2.05, 4.69) is 53.5 Å². The van der Waals surface area contributed by atoms with Crippen molar-refractivity contribution in [2.75, 3.05) is 0 Å². The van der Waals surface area contributed by atoms with Crippen LogP contribution in [0.1, 0.15) is 0 Å². The van der Waals surface area contributed by atoms with Crippen molar-refractivity contribution in [2.24, 2.45) is 0 Å². The van der Waals surface area contributed by atoms with Gasteiger partial charge in [0.05, 0.1) is 22.4 Å². The summed E-state index contributed by atoms with van der Waals surface area (Å²) >= 11 is 0. The van der Waals surface area contributed by atoms with Gasteiger partial charge >= 0.3 is 0 Å². The summed E-state index contributed by atoms with van der Waals surface area (Å²) in [5.74, 6) is 0. The average molecular weight is 409 g/mol. The molecule has 0 fully saturated rings. The van der Waals surface area contributed by atoms with Crippen LogP contribution in [0.5, 0.6) is 0 Å². The third-order valence-corrected chi connectivity index (χ3v) is 5.79. The minimum Gasteiger partial charge on any atom is -0.265 e. The molecule has 2 aromatic heterocycles. The highest BCUT2D eigenvalue weighted by Crippen LogP contribution is 2.38. The highest BCUT2D eigenvalue weighted by atomic mass is 14.8. The standard InChI is InChI=1S/C29H19N3/c1-2-8-21(9-3-1)28-29(32-27-15-5-4-14-26(27)31-28)25-13-7-11-23-22(10-6-12-24(23)25)20-16-18-30-19-17-20/h1-19H. The van der Waals surface area contributed by atoms with E-state index in [0.29, 0.717) is 0 Å². The molecule has 0 radical (unpaired) electrons. The molecule has 0 spiro atoms. The van der Waals surface area contributed by atoms with E-state index in [1.54, 1.807) is 0 Å². The molecule has 4 aromatic carbocycles. The Bertz CT molecular complexity index is 1560. The summed E-state index contributed by atoms with van der Waals surface area (Å²) < 4.78 is 0. The number of hydrogen-bond donors (Lipinski definition) is 0. The smallest absolute Gasteiger partial charge is 0.0979 e. The molecule has 0 saturated heterocycles. The van der Waals surface area contributed by atoms with Crippen molar-refractivity contribution in [3.05, 3.63) is 116 Å². The van der Waals surface area contributed by atoms with Gasteiger partial charge in [-0.1, -0.05) is 78.9 Å². The monoisotopic (exact) mass is 409 g/mol. The molecule has 3 heteroatoms. The lowest BCUT2D eigenvalue weighted by molar-refractivity contribution is 1.30. The number of para-hydroxylation sites is 2. The molecule has 0 aliphatic heterocycles. The molecular formula is C29H19N3. The number of aromatic nitrogens is 3. The van der Waals surface area contributed by atoms with Crippen LogP contribution in [0.4, 0.5) is 0 Å².